The van der Waals surface area contributed by atoms with Gasteiger partial charge in [-0.15, -0.1) is 0 Å². The van der Waals surface area contributed by atoms with Crippen LogP contribution in [-0.2, 0) is 11.3 Å². The molecule has 0 aliphatic carbocycles. The molecule has 7 nitrogen and oxygen atoms in total. The van der Waals surface area contributed by atoms with Gasteiger partial charge >= 0.3 is 6.01 Å². The van der Waals surface area contributed by atoms with E-state index in [2.05, 4.69) is 49.9 Å². The van der Waals surface area contributed by atoms with Gasteiger partial charge in [0.05, 0.1) is 31.0 Å². The lowest BCUT2D eigenvalue weighted by molar-refractivity contribution is 0.0971. The molecule has 0 N–H and O–H groups in total. The van der Waals surface area contributed by atoms with Crippen LogP contribution in [0.25, 0.3) is 10.9 Å². The number of nitrogens with zero attached hydrogens (tertiary/aromatic N) is 4. The van der Waals surface area contributed by atoms with Crippen molar-refractivity contribution in [1.29, 1.82) is 0 Å². The molecule has 2 fully saturated rings. The number of rotatable bonds is 6. The summed E-state index contributed by atoms with van der Waals surface area (Å²) < 4.78 is 19.5. The van der Waals surface area contributed by atoms with Crippen LogP contribution in [0, 0.1) is 0 Å². The van der Waals surface area contributed by atoms with Crippen molar-refractivity contribution in [2.24, 2.45) is 0 Å². The summed E-state index contributed by atoms with van der Waals surface area (Å²) in [6.07, 6.45) is 7.26. The minimum Gasteiger partial charge on any atom is -0.490 e. The molecular weight excluding hydrogens is 380 g/mol. The van der Waals surface area contributed by atoms with E-state index < -0.39 is 0 Å². The van der Waals surface area contributed by atoms with E-state index >= 15 is 0 Å². The molecule has 30 heavy (non-hydrogen) atoms. The predicted octanol–water partition coefficient (Wildman–Crippen LogP) is 3.44. The monoisotopic (exact) mass is 408 g/mol. The zero-order chi connectivity index (χ0) is 20.3. The normalized spacial score (nSPS) is 20.6. The summed E-state index contributed by atoms with van der Waals surface area (Å²) in [7, 11) is 1.60. The summed E-state index contributed by atoms with van der Waals surface area (Å²) in [6.45, 7) is 4.45. The smallest absolute Gasteiger partial charge is 0.316 e. The van der Waals surface area contributed by atoms with Crippen molar-refractivity contribution >= 4 is 10.9 Å². The van der Waals surface area contributed by atoms with Gasteiger partial charge in [0.25, 0.3) is 0 Å². The highest BCUT2D eigenvalue weighted by Gasteiger charge is 2.23. The second-order valence-corrected chi connectivity index (χ2v) is 8.06. The highest BCUT2D eigenvalue weighted by atomic mass is 16.5. The highest BCUT2D eigenvalue weighted by molar-refractivity contribution is 5.86. The Hall–Kier alpha value is -2.64. The van der Waals surface area contributed by atoms with Gasteiger partial charge in [0.1, 0.15) is 11.9 Å². The van der Waals surface area contributed by atoms with Crippen molar-refractivity contribution < 1.29 is 14.2 Å². The van der Waals surface area contributed by atoms with Gasteiger partial charge in [0, 0.05) is 44.0 Å². The topological polar surface area (TPSA) is 61.6 Å². The summed E-state index contributed by atoms with van der Waals surface area (Å²) in [5.41, 5.74) is 2.22. The molecule has 2 aliphatic heterocycles. The fraction of sp³-hybridized carbons (Fsp3) is 0.478. The first-order valence-electron chi connectivity index (χ1n) is 10.7. The van der Waals surface area contributed by atoms with Crippen LogP contribution in [0.5, 0.6) is 11.8 Å². The summed E-state index contributed by atoms with van der Waals surface area (Å²) in [5, 5.41) is 1.19. The van der Waals surface area contributed by atoms with Crippen LogP contribution < -0.4 is 9.47 Å². The SMILES string of the molecule is COc1nccc(CN2CCC(Oc3cccc4c3ccn4C3CCOC3)CC2)n1. The van der Waals surface area contributed by atoms with Gasteiger partial charge in [0.2, 0.25) is 0 Å². The Kier molecular flexibility index (Phi) is 5.55. The predicted molar refractivity (Wildman–Crippen MR) is 114 cm³/mol. The molecule has 0 amide bonds. The zero-order valence-corrected chi connectivity index (χ0v) is 17.4. The van der Waals surface area contributed by atoms with E-state index in [4.69, 9.17) is 14.2 Å². The Labute approximate surface area is 176 Å². The zero-order valence-electron chi connectivity index (χ0n) is 17.4. The Morgan fingerprint density at radius 1 is 1.13 bits per heavy atom. The van der Waals surface area contributed by atoms with Crippen LogP contribution in [0.2, 0.25) is 0 Å². The molecule has 1 unspecified atom stereocenters. The molecule has 158 valence electrons. The molecule has 0 saturated carbocycles. The summed E-state index contributed by atoms with van der Waals surface area (Å²) in [4.78, 5) is 10.9. The van der Waals surface area contributed by atoms with Crippen molar-refractivity contribution in [2.75, 3.05) is 33.4 Å². The number of methoxy groups -OCH3 is 1. The van der Waals surface area contributed by atoms with Crippen molar-refractivity contribution in [1.82, 2.24) is 19.4 Å². The minimum absolute atomic E-state index is 0.241. The third-order valence-electron chi connectivity index (χ3n) is 6.11. The van der Waals surface area contributed by atoms with Crippen LogP contribution in [0.15, 0.2) is 42.7 Å². The number of ether oxygens (including phenoxy) is 3. The van der Waals surface area contributed by atoms with E-state index in [1.54, 1.807) is 13.3 Å². The van der Waals surface area contributed by atoms with Crippen LogP contribution >= 0.6 is 0 Å². The van der Waals surface area contributed by atoms with Gasteiger partial charge in [-0.05, 0) is 43.5 Å². The minimum atomic E-state index is 0.241. The van der Waals surface area contributed by atoms with Crippen LogP contribution in [0.4, 0.5) is 0 Å². The van der Waals surface area contributed by atoms with Crippen LogP contribution in [0.1, 0.15) is 31.0 Å². The molecule has 3 aromatic rings. The molecule has 7 heteroatoms. The molecule has 2 aliphatic rings. The molecule has 2 aromatic heterocycles. The Bertz CT molecular complexity index is 991. The van der Waals surface area contributed by atoms with E-state index in [1.807, 2.05) is 6.07 Å². The van der Waals surface area contributed by atoms with Crippen LogP contribution in [-0.4, -0.2) is 59.0 Å². The first kappa shape index (κ1) is 19.3. The number of fused-ring (bicyclic) bond motifs is 1. The highest BCUT2D eigenvalue weighted by Crippen LogP contribution is 2.32. The van der Waals surface area contributed by atoms with Gasteiger partial charge in [-0.25, -0.2) is 4.98 Å². The number of hydrogen-bond donors (Lipinski definition) is 0. The molecule has 1 atom stereocenters. The number of aromatic nitrogens is 3. The Morgan fingerprint density at radius 2 is 2.03 bits per heavy atom. The van der Waals surface area contributed by atoms with Crippen LogP contribution in [0.3, 0.4) is 0 Å². The van der Waals surface area contributed by atoms with E-state index in [0.29, 0.717) is 12.1 Å². The third kappa shape index (κ3) is 4.00. The van der Waals surface area contributed by atoms with Gasteiger partial charge < -0.3 is 18.8 Å². The molecule has 5 rings (SSSR count). The lowest BCUT2D eigenvalue weighted by Crippen LogP contribution is -2.38. The second-order valence-electron chi connectivity index (χ2n) is 8.06. The van der Waals surface area contributed by atoms with E-state index in [9.17, 15) is 0 Å². The molecule has 1 aromatic carbocycles. The van der Waals surface area contributed by atoms with Gasteiger partial charge in [-0.2, -0.15) is 4.98 Å². The van der Waals surface area contributed by atoms with Gasteiger partial charge in [-0.1, -0.05) is 6.07 Å². The van der Waals surface area contributed by atoms with E-state index in [0.717, 1.165) is 63.6 Å². The average molecular weight is 409 g/mol. The lowest BCUT2D eigenvalue weighted by Gasteiger charge is -2.32. The molecular formula is C23H28N4O3. The fourth-order valence-corrected chi connectivity index (χ4v) is 4.48. The first-order valence-corrected chi connectivity index (χ1v) is 10.7. The number of hydrogen-bond acceptors (Lipinski definition) is 6. The standard InChI is InChI=1S/C23H28N4O3/c1-28-23-24-10-5-17(25-23)15-26-11-6-19(7-12-26)30-22-4-2-3-21-20(22)8-13-27(21)18-9-14-29-16-18/h2-5,8,10,13,18-19H,6-7,9,11-12,14-16H2,1H3. The number of benzene rings is 1. The van der Waals surface area contributed by atoms with E-state index in [1.165, 1.54) is 10.9 Å². The maximum atomic E-state index is 6.46. The first-order chi connectivity index (χ1) is 14.8. The maximum Gasteiger partial charge on any atom is 0.316 e. The number of piperidine rings is 1. The maximum absolute atomic E-state index is 6.46. The average Bonchev–Trinajstić information content (AvgIpc) is 3.45. The molecule has 0 spiro atoms. The van der Waals surface area contributed by atoms with Gasteiger partial charge in [0.15, 0.2) is 0 Å². The van der Waals surface area contributed by atoms with Crippen molar-refractivity contribution in [3.63, 3.8) is 0 Å². The summed E-state index contributed by atoms with van der Waals surface area (Å²) >= 11 is 0. The molecule has 4 heterocycles. The number of likely N-dealkylation sites (tertiary alicyclic amines) is 1. The van der Waals surface area contributed by atoms with Crippen molar-refractivity contribution in [2.45, 2.75) is 38.0 Å². The van der Waals surface area contributed by atoms with Crippen molar-refractivity contribution in [3.8, 4) is 11.8 Å². The third-order valence-corrected chi connectivity index (χ3v) is 6.11. The summed E-state index contributed by atoms with van der Waals surface area (Å²) in [5.74, 6) is 0.990. The Balaban J connectivity index is 1.22. The van der Waals surface area contributed by atoms with E-state index in [-0.39, 0.29) is 6.10 Å². The quantitative estimate of drug-likeness (QED) is 0.623. The molecule has 0 bridgehead atoms. The Morgan fingerprint density at radius 3 is 2.83 bits per heavy atom. The van der Waals surface area contributed by atoms with Crippen molar-refractivity contribution in [3.05, 3.63) is 48.4 Å². The van der Waals surface area contributed by atoms with Gasteiger partial charge in [-0.3, -0.25) is 4.90 Å². The largest absolute Gasteiger partial charge is 0.490 e. The second kappa shape index (κ2) is 8.62. The molecule has 0 radical (unpaired) electrons. The molecule has 2 saturated heterocycles. The summed E-state index contributed by atoms with van der Waals surface area (Å²) in [6, 6.07) is 11.4. The fourth-order valence-electron chi connectivity index (χ4n) is 4.48. The lowest BCUT2D eigenvalue weighted by atomic mass is 10.1.